The molecule has 0 radical (unpaired) electrons. The summed E-state index contributed by atoms with van der Waals surface area (Å²) in [7, 11) is -3.67. The molecule has 0 saturated carbocycles. The summed E-state index contributed by atoms with van der Waals surface area (Å²) in [6.45, 7) is 1.88. The normalized spacial score (nSPS) is 11.1. The number of benzene rings is 3. The van der Waals surface area contributed by atoms with Crippen LogP contribution in [0.5, 0.6) is 0 Å². The summed E-state index contributed by atoms with van der Waals surface area (Å²) in [5, 5.41) is 2.70. The van der Waals surface area contributed by atoms with Crippen molar-refractivity contribution in [3.63, 3.8) is 0 Å². The Morgan fingerprint density at radius 1 is 0.833 bits per heavy atom. The van der Waals surface area contributed by atoms with E-state index in [0.717, 1.165) is 5.56 Å². The van der Waals surface area contributed by atoms with Gasteiger partial charge in [-0.05, 0) is 31.2 Å². The second-order valence-corrected chi connectivity index (χ2v) is 8.52. The van der Waals surface area contributed by atoms with Crippen LogP contribution in [0.3, 0.4) is 0 Å². The first-order valence-corrected chi connectivity index (χ1v) is 10.9. The number of amides is 1. The molecular formula is C23H22N2O4S. The summed E-state index contributed by atoms with van der Waals surface area (Å²) in [4.78, 5) is 25.3. The molecule has 7 heteroatoms. The molecule has 0 unspecified atom stereocenters. The third kappa shape index (κ3) is 5.40. The molecule has 3 aromatic carbocycles. The van der Waals surface area contributed by atoms with Crippen LogP contribution in [0.25, 0.3) is 0 Å². The zero-order valence-corrected chi connectivity index (χ0v) is 17.3. The van der Waals surface area contributed by atoms with E-state index in [-0.39, 0.29) is 23.6 Å². The van der Waals surface area contributed by atoms with Crippen molar-refractivity contribution >= 4 is 27.4 Å². The first kappa shape index (κ1) is 21.4. The van der Waals surface area contributed by atoms with Gasteiger partial charge in [-0.1, -0.05) is 60.2 Å². The van der Waals surface area contributed by atoms with E-state index in [9.17, 15) is 18.0 Å². The Hall–Kier alpha value is -3.29. The lowest BCUT2D eigenvalue weighted by atomic mass is 10.0. The van der Waals surface area contributed by atoms with Crippen LogP contribution in [0, 0.1) is 6.92 Å². The van der Waals surface area contributed by atoms with Crippen LogP contribution in [-0.4, -0.2) is 26.7 Å². The second kappa shape index (κ2) is 9.47. The smallest absolute Gasteiger partial charge is 0.240 e. The third-order valence-electron chi connectivity index (χ3n) is 4.46. The van der Waals surface area contributed by atoms with Gasteiger partial charge in [0.15, 0.2) is 5.78 Å². The van der Waals surface area contributed by atoms with Crippen molar-refractivity contribution < 1.29 is 18.0 Å². The number of sulfonamides is 1. The van der Waals surface area contributed by atoms with Gasteiger partial charge in [0.2, 0.25) is 15.9 Å². The molecule has 1 amide bonds. The lowest BCUT2D eigenvalue weighted by Gasteiger charge is -2.11. The summed E-state index contributed by atoms with van der Waals surface area (Å²) in [6.07, 6.45) is -0.0703. The van der Waals surface area contributed by atoms with Crippen molar-refractivity contribution in [1.29, 1.82) is 0 Å². The number of carbonyl (C=O) groups is 2. The molecular weight excluding hydrogens is 400 g/mol. The van der Waals surface area contributed by atoms with Crippen molar-refractivity contribution in [1.82, 2.24) is 4.72 Å². The van der Waals surface area contributed by atoms with Crippen LogP contribution in [0.2, 0.25) is 0 Å². The Morgan fingerprint density at radius 2 is 1.47 bits per heavy atom. The molecule has 0 bridgehead atoms. The topological polar surface area (TPSA) is 92.3 Å². The number of carbonyl (C=O) groups excluding carboxylic acids is 2. The molecule has 0 heterocycles. The maximum atomic E-state index is 12.8. The van der Waals surface area contributed by atoms with E-state index in [1.54, 1.807) is 54.6 Å². The summed E-state index contributed by atoms with van der Waals surface area (Å²) >= 11 is 0. The first-order chi connectivity index (χ1) is 14.4. The highest BCUT2D eigenvalue weighted by atomic mass is 32.2. The zero-order chi connectivity index (χ0) is 21.6. The van der Waals surface area contributed by atoms with Gasteiger partial charge in [0.05, 0.1) is 10.6 Å². The molecule has 0 aromatic heterocycles. The highest BCUT2D eigenvalue weighted by Gasteiger charge is 2.16. The van der Waals surface area contributed by atoms with Crippen LogP contribution in [0.1, 0.15) is 27.9 Å². The van der Waals surface area contributed by atoms with Gasteiger partial charge in [0, 0.05) is 24.1 Å². The number of rotatable bonds is 8. The number of hydrogen-bond acceptors (Lipinski definition) is 4. The Bertz CT molecular complexity index is 1140. The molecule has 6 nitrogen and oxygen atoms in total. The fraction of sp³-hybridized carbons (Fsp3) is 0.130. The minimum Gasteiger partial charge on any atom is -0.325 e. The lowest BCUT2D eigenvalue weighted by molar-refractivity contribution is -0.116. The van der Waals surface area contributed by atoms with Crippen molar-refractivity contribution in [2.45, 2.75) is 18.2 Å². The van der Waals surface area contributed by atoms with Crippen LogP contribution >= 0.6 is 0 Å². The number of anilines is 1. The number of ketones is 1. The maximum Gasteiger partial charge on any atom is 0.240 e. The molecule has 0 spiro atoms. The predicted molar refractivity (Wildman–Crippen MR) is 116 cm³/mol. The summed E-state index contributed by atoms with van der Waals surface area (Å²) < 4.78 is 26.8. The van der Waals surface area contributed by atoms with Crippen molar-refractivity contribution in [3.05, 3.63) is 95.6 Å². The number of nitrogens with one attached hydrogen (secondary N) is 2. The largest absolute Gasteiger partial charge is 0.325 e. The zero-order valence-electron chi connectivity index (χ0n) is 16.5. The third-order valence-corrected chi connectivity index (χ3v) is 5.93. The number of para-hydroxylation sites is 1. The second-order valence-electron chi connectivity index (χ2n) is 6.75. The van der Waals surface area contributed by atoms with E-state index in [1.807, 2.05) is 19.1 Å². The van der Waals surface area contributed by atoms with Crippen molar-refractivity contribution in [2.75, 3.05) is 11.9 Å². The molecule has 30 heavy (non-hydrogen) atoms. The van der Waals surface area contributed by atoms with E-state index >= 15 is 0 Å². The Balaban J connectivity index is 1.63. The quantitative estimate of drug-likeness (QED) is 0.543. The van der Waals surface area contributed by atoms with Gasteiger partial charge in [0.25, 0.3) is 0 Å². The monoisotopic (exact) mass is 422 g/mol. The summed E-state index contributed by atoms with van der Waals surface area (Å²) in [6, 6.07) is 21.9. The molecule has 154 valence electrons. The molecule has 0 atom stereocenters. The van der Waals surface area contributed by atoms with Gasteiger partial charge >= 0.3 is 0 Å². The van der Waals surface area contributed by atoms with Crippen LogP contribution in [0.4, 0.5) is 5.69 Å². The average Bonchev–Trinajstić information content (AvgIpc) is 2.75. The van der Waals surface area contributed by atoms with Gasteiger partial charge < -0.3 is 5.32 Å². The van der Waals surface area contributed by atoms with Gasteiger partial charge in [-0.3, -0.25) is 9.59 Å². The van der Waals surface area contributed by atoms with Crippen LogP contribution in [0.15, 0.2) is 83.8 Å². The molecule has 2 N–H and O–H groups in total. The van der Waals surface area contributed by atoms with E-state index in [4.69, 9.17) is 0 Å². The van der Waals surface area contributed by atoms with E-state index < -0.39 is 15.9 Å². The lowest BCUT2D eigenvalue weighted by Crippen LogP contribution is -2.28. The number of aryl methyl sites for hydroxylation is 1. The molecule has 0 aliphatic rings. The first-order valence-electron chi connectivity index (χ1n) is 9.42. The Morgan fingerprint density at radius 3 is 2.17 bits per heavy atom. The molecule has 0 aliphatic heterocycles. The average molecular weight is 423 g/mol. The fourth-order valence-electron chi connectivity index (χ4n) is 2.85. The maximum absolute atomic E-state index is 12.8. The summed E-state index contributed by atoms with van der Waals surface area (Å²) in [5.74, 6) is -0.592. The van der Waals surface area contributed by atoms with Crippen LogP contribution < -0.4 is 10.0 Å². The molecule has 0 aliphatic carbocycles. The standard InChI is InChI=1S/C23H22N2O4S/c1-17-11-13-18(14-12-17)23(27)20-9-5-6-10-21(20)25-22(26)15-16-24-30(28,29)19-7-3-2-4-8-19/h2-14,24H,15-16H2,1H3,(H,25,26). The SMILES string of the molecule is Cc1ccc(C(=O)c2ccccc2NC(=O)CCNS(=O)(=O)c2ccccc2)cc1. The highest BCUT2D eigenvalue weighted by molar-refractivity contribution is 7.89. The van der Waals surface area contributed by atoms with E-state index in [0.29, 0.717) is 16.8 Å². The summed E-state index contributed by atoms with van der Waals surface area (Å²) in [5.41, 5.74) is 2.34. The van der Waals surface area contributed by atoms with E-state index in [2.05, 4.69) is 10.0 Å². The highest BCUT2D eigenvalue weighted by Crippen LogP contribution is 2.20. The fourth-order valence-corrected chi connectivity index (χ4v) is 3.90. The molecule has 3 aromatic rings. The van der Waals surface area contributed by atoms with Gasteiger partial charge in [-0.25, -0.2) is 13.1 Å². The Labute approximate surface area is 176 Å². The van der Waals surface area contributed by atoms with Gasteiger partial charge in [0.1, 0.15) is 0 Å². The van der Waals surface area contributed by atoms with Crippen LogP contribution in [-0.2, 0) is 14.8 Å². The van der Waals surface area contributed by atoms with Crippen molar-refractivity contribution in [3.8, 4) is 0 Å². The van der Waals surface area contributed by atoms with Gasteiger partial charge in [-0.15, -0.1) is 0 Å². The molecule has 0 saturated heterocycles. The molecule has 0 fully saturated rings. The van der Waals surface area contributed by atoms with E-state index in [1.165, 1.54) is 12.1 Å². The van der Waals surface area contributed by atoms with Crippen molar-refractivity contribution in [2.24, 2.45) is 0 Å². The minimum atomic E-state index is -3.67. The predicted octanol–water partition coefficient (Wildman–Crippen LogP) is 3.53. The molecule has 3 rings (SSSR count). The Kier molecular flexibility index (Phi) is 6.76. The minimum absolute atomic E-state index is 0.0584. The number of hydrogen-bond donors (Lipinski definition) is 2. The van der Waals surface area contributed by atoms with Gasteiger partial charge in [-0.2, -0.15) is 0 Å².